The normalized spacial score (nSPS) is 14.5. The topological polar surface area (TPSA) is 35.9 Å². The van der Waals surface area contributed by atoms with Crippen molar-refractivity contribution in [2.24, 2.45) is 0 Å². The molecule has 0 atom stereocenters. The van der Waals surface area contributed by atoms with Crippen molar-refractivity contribution in [2.75, 3.05) is 0 Å². The SMILES string of the molecule is [2H]c1c([2H])c([2H])c(-c2ccc3c(c2)c2cc(-c4c([2H])c([2H])c([2H])c([2H])c4[2H])c(Oc4[c-]c(-n5[c-][n+]6c7c(cccc75)-c5ccccc5-c5ccccc5-c5cccc(-c7c([2H])c([2H])c([2H])c([2H])c7[2H])c5-6)ccc4)[c-]c2n3-c2cc(C(C)(C)C)ccn2)c([2H])c1[2H].[Pt]. The summed E-state index contributed by atoms with van der Waals surface area (Å²) in [5.41, 5.74) is 9.25. The van der Waals surface area contributed by atoms with Crippen molar-refractivity contribution in [1.29, 1.82) is 0 Å². The molecule has 76 heavy (non-hydrogen) atoms. The van der Waals surface area contributed by atoms with Gasteiger partial charge in [0, 0.05) is 44.3 Å². The summed E-state index contributed by atoms with van der Waals surface area (Å²) < 4.78 is 145. The van der Waals surface area contributed by atoms with Crippen molar-refractivity contribution in [1.82, 2.24) is 14.1 Å². The predicted octanol–water partition coefficient (Wildman–Crippen LogP) is 17.2. The minimum Gasteiger partial charge on any atom is -0.509 e. The minimum absolute atomic E-state index is 0. The molecule has 0 saturated carbocycles. The van der Waals surface area contributed by atoms with Gasteiger partial charge >= 0.3 is 0 Å². The molecule has 1 aliphatic rings. The number of rotatable bonds is 7. The molecule has 0 spiro atoms. The molecular weight excluding hydrogens is 1110 g/mol. The number of para-hydroxylation sites is 2. The molecule has 0 aliphatic carbocycles. The summed E-state index contributed by atoms with van der Waals surface area (Å²) in [4.78, 5) is 4.86. The van der Waals surface area contributed by atoms with E-state index in [1.807, 2.05) is 94.1 Å². The Balaban J connectivity index is 0.00000758. The summed E-state index contributed by atoms with van der Waals surface area (Å²) in [6.45, 7) is 6.22. The van der Waals surface area contributed by atoms with Gasteiger partial charge in [0.1, 0.15) is 5.82 Å². The molecule has 0 N–H and O–H groups in total. The van der Waals surface area contributed by atoms with Crippen LogP contribution in [0, 0.1) is 18.5 Å². The molecule has 5 nitrogen and oxygen atoms in total. The van der Waals surface area contributed by atoms with Gasteiger partial charge in [0.25, 0.3) is 6.33 Å². The molecule has 0 unspecified atom stereocenters. The molecule has 10 aromatic carbocycles. The summed E-state index contributed by atoms with van der Waals surface area (Å²) >= 11 is 0. The molecule has 0 amide bonds. The first-order valence-corrected chi connectivity index (χ1v) is 24.3. The van der Waals surface area contributed by atoms with Gasteiger partial charge in [-0.25, -0.2) is 4.98 Å². The Labute approximate surface area is 478 Å². The number of ether oxygens (including phenoxy) is 1. The maximum atomic E-state index is 9.35. The van der Waals surface area contributed by atoms with Crippen LogP contribution in [0.25, 0.3) is 117 Å². The average Bonchev–Trinajstić information content (AvgIpc) is 1.61. The van der Waals surface area contributed by atoms with Crippen molar-refractivity contribution in [2.45, 2.75) is 26.2 Å². The maximum Gasteiger partial charge on any atom is 0.268 e. The van der Waals surface area contributed by atoms with Crippen LogP contribution in [0.2, 0.25) is 0 Å². The van der Waals surface area contributed by atoms with Gasteiger partial charge in [-0.2, -0.15) is 18.2 Å². The fourth-order valence-corrected chi connectivity index (χ4v) is 10.4. The average molecular weight is 1170 g/mol. The van der Waals surface area contributed by atoms with Crippen molar-refractivity contribution < 1.29 is 50.9 Å². The quantitative estimate of drug-likeness (QED) is 0.118. The summed E-state index contributed by atoms with van der Waals surface area (Å²) in [6.07, 6.45) is 5.33. The molecule has 366 valence electrons. The number of pyridine rings is 1. The zero-order valence-electron chi connectivity index (χ0n) is 55.9. The van der Waals surface area contributed by atoms with Gasteiger partial charge in [-0.05, 0) is 95.9 Å². The van der Waals surface area contributed by atoms with Gasteiger partial charge in [0.15, 0.2) is 0 Å². The molecule has 13 aromatic rings. The first-order chi connectivity index (χ1) is 43.0. The number of aromatic nitrogens is 4. The van der Waals surface area contributed by atoms with Crippen LogP contribution in [-0.2, 0) is 26.5 Å². The van der Waals surface area contributed by atoms with Gasteiger partial charge in [-0.3, -0.25) is 4.57 Å². The molecule has 14 rings (SSSR count). The van der Waals surface area contributed by atoms with E-state index >= 15 is 0 Å². The largest absolute Gasteiger partial charge is 0.509 e. The van der Waals surface area contributed by atoms with E-state index in [1.165, 1.54) is 0 Å². The standard InChI is InChI=1S/C70H48N4O.Pt/c1-70(2,3)50-38-39-71-67(41-50)74-63-37-36-49(46-20-7-4-8-21-46)40-61(63)62-43-60(48-24-11-6-12-25-48)66(44-65(62)74)75-52-27-17-26-51(42-52)72-45-73-68-53(47-22-9-5-10-23-47)32-18-33-58(68)56-30-15-13-28-54(56)55-29-14-16-31-57(55)59-34-19-35-64(72)69(59)73;/h4-41,43H,1-3H3;/q-2;/i4D,5D,6D,7D,8D,9D,10D,11D,12D,20D,21D,22D,23D,24D,25D;. The third kappa shape index (κ3) is 7.89. The summed E-state index contributed by atoms with van der Waals surface area (Å²) in [5, 5.41) is 0.926. The van der Waals surface area contributed by atoms with Crippen LogP contribution in [0.3, 0.4) is 0 Å². The van der Waals surface area contributed by atoms with E-state index in [0.29, 0.717) is 66.7 Å². The van der Waals surface area contributed by atoms with Crippen molar-refractivity contribution >= 4 is 32.8 Å². The second kappa shape index (κ2) is 18.8. The smallest absolute Gasteiger partial charge is 0.268 e. The Morgan fingerprint density at radius 1 is 0.513 bits per heavy atom. The van der Waals surface area contributed by atoms with Crippen LogP contribution in [-0.4, -0.2) is 14.1 Å². The van der Waals surface area contributed by atoms with Crippen LogP contribution in [0.4, 0.5) is 0 Å². The van der Waals surface area contributed by atoms with Crippen molar-refractivity contribution in [3.8, 4) is 95.5 Å². The third-order valence-electron chi connectivity index (χ3n) is 13.8. The van der Waals surface area contributed by atoms with Crippen LogP contribution in [0.15, 0.2) is 236 Å². The van der Waals surface area contributed by atoms with Crippen molar-refractivity contribution in [3.05, 3.63) is 260 Å². The molecule has 3 aromatic heterocycles. The van der Waals surface area contributed by atoms with Crippen LogP contribution < -0.4 is 9.30 Å². The molecule has 0 fully saturated rings. The fraction of sp³-hybridized carbons (Fsp3) is 0.0571. The van der Waals surface area contributed by atoms with E-state index in [2.05, 4.69) is 45.3 Å². The van der Waals surface area contributed by atoms with Crippen molar-refractivity contribution in [3.63, 3.8) is 0 Å². The Bertz CT molecular complexity index is 5220. The minimum atomic E-state index is -0.607. The van der Waals surface area contributed by atoms with Crippen LogP contribution in [0.5, 0.6) is 11.5 Å². The Morgan fingerprint density at radius 3 is 1.80 bits per heavy atom. The Hall–Kier alpha value is -8.89. The van der Waals surface area contributed by atoms with Gasteiger partial charge in [0.05, 0.1) is 37.3 Å². The summed E-state index contributed by atoms with van der Waals surface area (Å²) in [5.74, 6) is 0.507. The van der Waals surface area contributed by atoms with Gasteiger partial charge in [-0.15, -0.1) is 23.6 Å². The van der Waals surface area contributed by atoms with Crippen LogP contribution in [0.1, 0.15) is 46.9 Å². The number of hydrogen-bond acceptors (Lipinski definition) is 2. The predicted molar refractivity (Wildman–Crippen MR) is 305 cm³/mol. The number of fused-ring (bicyclic) bond motifs is 10. The van der Waals surface area contributed by atoms with E-state index < -0.39 is 78.6 Å². The van der Waals surface area contributed by atoms with E-state index in [0.717, 1.165) is 33.4 Å². The molecule has 0 radical (unpaired) electrons. The van der Waals surface area contributed by atoms with Gasteiger partial charge in [0.2, 0.25) is 0 Å². The molecule has 0 saturated heterocycles. The fourth-order valence-electron chi connectivity index (χ4n) is 10.4. The first-order valence-electron chi connectivity index (χ1n) is 31.8. The van der Waals surface area contributed by atoms with E-state index in [1.54, 1.807) is 59.3 Å². The van der Waals surface area contributed by atoms with E-state index in [-0.39, 0.29) is 72.3 Å². The summed E-state index contributed by atoms with van der Waals surface area (Å²) in [7, 11) is 0. The zero-order valence-corrected chi connectivity index (χ0v) is 43.1. The second-order valence-electron chi connectivity index (χ2n) is 19.2. The first kappa shape index (κ1) is 33.1. The monoisotopic (exact) mass is 1170 g/mol. The number of benzene rings is 10. The van der Waals surface area contributed by atoms with E-state index in [9.17, 15) is 5.48 Å². The number of hydrogen-bond donors (Lipinski definition) is 0. The number of nitrogens with zero attached hydrogens (tertiary/aromatic N) is 4. The molecule has 4 heterocycles. The molecular formula is C70H48N4OPt-2. The molecule has 0 bridgehead atoms. The van der Waals surface area contributed by atoms with Gasteiger partial charge in [-0.1, -0.05) is 225 Å². The Morgan fingerprint density at radius 2 is 1.11 bits per heavy atom. The van der Waals surface area contributed by atoms with E-state index in [4.69, 9.17) is 24.8 Å². The third-order valence-corrected chi connectivity index (χ3v) is 13.8. The Kier molecular flexibility index (Phi) is 8.19. The molecule has 1 aliphatic heterocycles. The second-order valence-corrected chi connectivity index (χ2v) is 19.2. The number of imidazole rings is 1. The van der Waals surface area contributed by atoms with Crippen LogP contribution >= 0.6 is 0 Å². The van der Waals surface area contributed by atoms with Gasteiger partial charge < -0.3 is 13.9 Å². The zero-order chi connectivity index (χ0) is 63.3. The molecule has 6 heteroatoms. The maximum absolute atomic E-state index is 9.35. The summed E-state index contributed by atoms with van der Waals surface area (Å²) in [6, 6.07) is 42.8.